The highest BCUT2D eigenvalue weighted by Crippen LogP contribution is 2.44. The van der Waals surface area contributed by atoms with E-state index >= 15 is 0 Å². The van der Waals surface area contributed by atoms with Crippen LogP contribution in [0.1, 0.15) is 63.5 Å². The van der Waals surface area contributed by atoms with E-state index in [0.29, 0.717) is 12.0 Å². The molecule has 21 heavy (non-hydrogen) atoms. The molecule has 0 amide bonds. The molecule has 3 nitrogen and oxygen atoms in total. The number of hydrogen-bond acceptors (Lipinski definition) is 3. The molecule has 2 aliphatic rings. The standard InChI is InChI=1S/C18H28N2O/c1-2-20-17(16-7-6-11-19-14-16)15-8-12-21-18(13-15)9-4-3-5-10-18/h6-7,11,14-15,17,20H,2-5,8-10,12-13H2,1H3. The van der Waals surface area contributed by atoms with Gasteiger partial charge in [-0.05, 0) is 49.8 Å². The number of hydrogen-bond donors (Lipinski definition) is 1. The second-order valence-electron chi connectivity index (χ2n) is 6.67. The van der Waals surface area contributed by atoms with Crippen molar-refractivity contribution in [3.63, 3.8) is 0 Å². The van der Waals surface area contributed by atoms with Crippen molar-refractivity contribution >= 4 is 0 Å². The van der Waals surface area contributed by atoms with E-state index in [4.69, 9.17) is 4.74 Å². The average Bonchev–Trinajstić information content (AvgIpc) is 2.54. The molecule has 2 fully saturated rings. The normalized spacial score (nSPS) is 26.6. The molecule has 1 aliphatic carbocycles. The summed E-state index contributed by atoms with van der Waals surface area (Å²) >= 11 is 0. The van der Waals surface area contributed by atoms with Crippen molar-refractivity contribution in [1.82, 2.24) is 10.3 Å². The van der Waals surface area contributed by atoms with Crippen LogP contribution in [-0.4, -0.2) is 23.7 Å². The van der Waals surface area contributed by atoms with Crippen molar-refractivity contribution in [3.05, 3.63) is 30.1 Å². The Morgan fingerprint density at radius 2 is 2.24 bits per heavy atom. The van der Waals surface area contributed by atoms with E-state index in [9.17, 15) is 0 Å². The lowest BCUT2D eigenvalue weighted by Gasteiger charge is -2.45. The van der Waals surface area contributed by atoms with Gasteiger partial charge in [0.2, 0.25) is 0 Å². The monoisotopic (exact) mass is 288 g/mol. The maximum Gasteiger partial charge on any atom is 0.0686 e. The maximum absolute atomic E-state index is 6.26. The van der Waals surface area contributed by atoms with Gasteiger partial charge >= 0.3 is 0 Å². The molecule has 1 aromatic rings. The lowest BCUT2D eigenvalue weighted by Crippen LogP contribution is -2.44. The fourth-order valence-electron chi connectivity index (χ4n) is 4.23. The van der Waals surface area contributed by atoms with E-state index < -0.39 is 0 Å². The summed E-state index contributed by atoms with van der Waals surface area (Å²) < 4.78 is 6.26. The molecule has 1 saturated carbocycles. The molecule has 0 radical (unpaired) electrons. The second-order valence-corrected chi connectivity index (χ2v) is 6.67. The van der Waals surface area contributed by atoms with E-state index in [1.54, 1.807) is 0 Å². The van der Waals surface area contributed by atoms with E-state index in [-0.39, 0.29) is 5.60 Å². The third-order valence-electron chi connectivity index (χ3n) is 5.23. The minimum Gasteiger partial charge on any atom is -0.375 e. The first-order valence-electron chi connectivity index (χ1n) is 8.60. The molecule has 3 rings (SSSR count). The fraction of sp³-hybridized carbons (Fsp3) is 0.722. The molecule has 1 aromatic heterocycles. The average molecular weight is 288 g/mol. The molecular weight excluding hydrogens is 260 g/mol. The Kier molecular flexibility index (Phi) is 4.91. The topological polar surface area (TPSA) is 34.2 Å². The first-order chi connectivity index (χ1) is 10.3. The van der Waals surface area contributed by atoms with Crippen LogP contribution in [0, 0.1) is 5.92 Å². The SMILES string of the molecule is CCNC(c1cccnc1)C1CCOC2(CCCCC2)C1. The van der Waals surface area contributed by atoms with Gasteiger partial charge < -0.3 is 10.1 Å². The summed E-state index contributed by atoms with van der Waals surface area (Å²) in [7, 11) is 0. The Morgan fingerprint density at radius 3 is 2.95 bits per heavy atom. The van der Waals surface area contributed by atoms with Gasteiger partial charge in [-0.25, -0.2) is 0 Å². The van der Waals surface area contributed by atoms with E-state index in [2.05, 4.69) is 29.4 Å². The van der Waals surface area contributed by atoms with Gasteiger partial charge in [0, 0.05) is 25.0 Å². The molecule has 3 heteroatoms. The highest BCUT2D eigenvalue weighted by atomic mass is 16.5. The van der Waals surface area contributed by atoms with Crippen molar-refractivity contribution in [2.24, 2.45) is 5.92 Å². The lowest BCUT2D eigenvalue weighted by molar-refractivity contribution is -0.122. The van der Waals surface area contributed by atoms with Gasteiger partial charge in [-0.3, -0.25) is 4.98 Å². The summed E-state index contributed by atoms with van der Waals surface area (Å²) in [4.78, 5) is 4.32. The van der Waals surface area contributed by atoms with Crippen molar-refractivity contribution in [2.45, 2.75) is 63.5 Å². The Bertz CT molecular complexity index is 423. The van der Waals surface area contributed by atoms with Crippen LogP contribution in [0.15, 0.2) is 24.5 Å². The van der Waals surface area contributed by atoms with Crippen LogP contribution in [-0.2, 0) is 4.74 Å². The molecule has 116 valence electrons. The number of nitrogens with one attached hydrogen (secondary N) is 1. The maximum atomic E-state index is 6.26. The predicted molar refractivity (Wildman–Crippen MR) is 85.1 cm³/mol. The molecule has 1 N–H and O–H groups in total. The molecule has 1 saturated heterocycles. The summed E-state index contributed by atoms with van der Waals surface area (Å²) in [5, 5.41) is 3.70. The van der Waals surface area contributed by atoms with Crippen molar-refractivity contribution < 1.29 is 4.74 Å². The molecular formula is C18H28N2O. The molecule has 2 unspecified atom stereocenters. The Hall–Kier alpha value is -0.930. The first-order valence-corrected chi connectivity index (χ1v) is 8.60. The second kappa shape index (κ2) is 6.89. The Morgan fingerprint density at radius 1 is 1.38 bits per heavy atom. The molecule has 2 atom stereocenters. The molecule has 1 spiro atoms. The number of rotatable bonds is 4. The number of pyridine rings is 1. The van der Waals surface area contributed by atoms with Gasteiger partial charge in [0.1, 0.15) is 0 Å². The number of nitrogens with zero attached hydrogens (tertiary/aromatic N) is 1. The van der Waals surface area contributed by atoms with Crippen LogP contribution >= 0.6 is 0 Å². The summed E-state index contributed by atoms with van der Waals surface area (Å²) in [6.07, 6.45) is 12.8. The third kappa shape index (κ3) is 3.46. The smallest absolute Gasteiger partial charge is 0.0686 e. The number of ether oxygens (including phenoxy) is 1. The highest BCUT2D eigenvalue weighted by molar-refractivity contribution is 5.16. The van der Waals surface area contributed by atoms with Gasteiger partial charge in [-0.15, -0.1) is 0 Å². The van der Waals surface area contributed by atoms with Crippen LogP contribution in [0.5, 0.6) is 0 Å². The van der Waals surface area contributed by atoms with E-state index in [1.165, 1.54) is 44.1 Å². The molecule has 0 bridgehead atoms. The van der Waals surface area contributed by atoms with Crippen LogP contribution in [0.25, 0.3) is 0 Å². The Balaban J connectivity index is 1.76. The molecule has 1 aliphatic heterocycles. The van der Waals surface area contributed by atoms with Crippen molar-refractivity contribution in [3.8, 4) is 0 Å². The minimum absolute atomic E-state index is 0.178. The zero-order valence-corrected chi connectivity index (χ0v) is 13.2. The molecule has 2 heterocycles. The first kappa shape index (κ1) is 15.0. The lowest BCUT2D eigenvalue weighted by atomic mass is 9.73. The van der Waals surface area contributed by atoms with E-state index in [1.807, 2.05) is 12.4 Å². The highest BCUT2D eigenvalue weighted by Gasteiger charge is 2.40. The summed E-state index contributed by atoms with van der Waals surface area (Å²) in [6, 6.07) is 4.69. The zero-order chi connectivity index (χ0) is 14.5. The summed E-state index contributed by atoms with van der Waals surface area (Å²) in [5.74, 6) is 0.668. The van der Waals surface area contributed by atoms with Gasteiger partial charge in [0.25, 0.3) is 0 Å². The zero-order valence-electron chi connectivity index (χ0n) is 13.2. The van der Waals surface area contributed by atoms with Crippen LogP contribution in [0.2, 0.25) is 0 Å². The summed E-state index contributed by atoms with van der Waals surface area (Å²) in [6.45, 7) is 4.12. The van der Waals surface area contributed by atoms with Gasteiger partial charge in [-0.2, -0.15) is 0 Å². The van der Waals surface area contributed by atoms with Crippen LogP contribution < -0.4 is 5.32 Å². The van der Waals surface area contributed by atoms with Crippen LogP contribution in [0.3, 0.4) is 0 Å². The quantitative estimate of drug-likeness (QED) is 0.913. The van der Waals surface area contributed by atoms with Crippen molar-refractivity contribution in [2.75, 3.05) is 13.2 Å². The van der Waals surface area contributed by atoms with Gasteiger partial charge in [0.05, 0.1) is 5.60 Å². The van der Waals surface area contributed by atoms with Crippen molar-refractivity contribution in [1.29, 1.82) is 0 Å². The third-order valence-corrected chi connectivity index (χ3v) is 5.23. The fourth-order valence-corrected chi connectivity index (χ4v) is 4.23. The number of aromatic nitrogens is 1. The van der Waals surface area contributed by atoms with Crippen LogP contribution in [0.4, 0.5) is 0 Å². The van der Waals surface area contributed by atoms with E-state index in [0.717, 1.165) is 19.6 Å². The summed E-state index contributed by atoms with van der Waals surface area (Å²) in [5.41, 5.74) is 1.51. The largest absolute Gasteiger partial charge is 0.375 e. The Labute approximate surface area is 128 Å². The predicted octanol–water partition coefficient (Wildman–Crippen LogP) is 3.86. The molecule has 0 aromatic carbocycles. The minimum atomic E-state index is 0.178. The van der Waals surface area contributed by atoms with Gasteiger partial charge in [0.15, 0.2) is 0 Å². The van der Waals surface area contributed by atoms with Gasteiger partial charge in [-0.1, -0.05) is 32.3 Å².